The van der Waals surface area contributed by atoms with Crippen molar-refractivity contribution in [3.05, 3.63) is 30.0 Å². The van der Waals surface area contributed by atoms with Crippen LogP contribution in [0.4, 0.5) is 0 Å². The molecule has 1 amide bonds. The van der Waals surface area contributed by atoms with E-state index in [2.05, 4.69) is 20.0 Å². The van der Waals surface area contributed by atoms with Crippen LogP contribution in [0, 0.1) is 0 Å². The van der Waals surface area contributed by atoms with Gasteiger partial charge in [-0.3, -0.25) is 9.89 Å². The number of aromatic nitrogens is 2. The quantitative estimate of drug-likeness (QED) is 0.870. The number of para-hydroxylation sites is 1. The SMILES string of the molecule is O=C(c1n[nH]c2ccccc12)N1CCCN2CCC[C@H]1C2. The maximum absolute atomic E-state index is 13.0. The van der Waals surface area contributed by atoms with Gasteiger partial charge in [0.05, 0.1) is 5.52 Å². The van der Waals surface area contributed by atoms with Crippen LogP contribution >= 0.6 is 0 Å². The fourth-order valence-corrected chi connectivity index (χ4v) is 3.67. The van der Waals surface area contributed by atoms with Gasteiger partial charge in [-0.15, -0.1) is 0 Å². The van der Waals surface area contributed by atoms with Gasteiger partial charge in [0.15, 0.2) is 5.69 Å². The second kappa shape index (κ2) is 5.15. The second-order valence-electron chi connectivity index (χ2n) is 6.07. The van der Waals surface area contributed by atoms with E-state index in [0.29, 0.717) is 11.7 Å². The summed E-state index contributed by atoms with van der Waals surface area (Å²) < 4.78 is 0. The predicted octanol–water partition coefficient (Wildman–Crippen LogP) is 1.87. The summed E-state index contributed by atoms with van der Waals surface area (Å²) in [6.07, 6.45) is 3.37. The molecule has 0 aliphatic carbocycles. The van der Waals surface area contributed by atoms with E-state index >= 15 is 0 Å². The fraction of sp³-hybridized carbons (Fsp3) is 0.500. The Balaban J connectivity index is 1.67. The molecule has 0 radical (unpaired) electrons. The lowest BCUT2D eigenvalue weighted by Crippen LogP contribution is -2.47. The molecule has 5 nitrogen and oxygen atoms in total. The van der Waals surface area contributed by atoms with Gasteiger partial charge in [0, 0.05) is 24.5 Å². The average Bonchev–Trinajstić information content (AvgIpc) is 2.89. The van der Waals surface area contributed by atoms with E-state index in [1.807, 2.05) is 24.3 Å². The summed E-state index contributed by atoms with van der Waals surface area (Å²) in [7, 11) is 0. The molecule has 1 aromatic carbocycles. The largest absolute Gasteiger partial charge is 0.333 e. The second-order valence-corrected chi connectivity index (χ2v) is 6.07. The number of benzene rings is 1. The number of carbonyl (C=O) groups excluding carboxylic acids is 1. The number of hydrogen-bond acceptors (Lipinski definition) is 3. The van der Waals surface area contributed by atoms with Crippen molar-refractivity contribution in [2.75, 3.05) is 26.2 Å². The number of fused-ring (bicyclic) bond motifs is 3. The van der Waals surface area contributed by atoms with E-state index in [4.69, 9.17) is 0 Å². The van der Waals surface area contributed by atoms with Crippen molar-refractivity contribution >= 4 is 16.8 Å². The van der Waals surface area contributed by atoms with Gasteiger partial charge in [-0.2, -0.15) is 5.10 Å². The van der Waals surface area contributed by atoms with Gasteiger partial charge in [-0.1, -0.05) is 18.2 Å². The zero-order chi connectivity index (χ0) is 14.2. The van der Waals surface area contributed by atoms with Gasteiger partial charge in [0.1, 0.15) is 0 Å². The Morgan fingerprint density at radius 3 is 3.00 bits per heavy atom. The Bertz CT molecular complexity index is 665. The van der Waals surface area contributed by atoms with E-state index < -0.39 is 0 Å². The summed E-state index contributed by atoms with van der Waals surface area (Å²) in [6.45, 7) is 4.17. The number of nitrogens with one attached hydrogen (secondary N) is 1. The lowest BCUT2D eigenvalue weighted by Gasteiger charge is -2.35. The molecule has 1 aromatic heterocycles. The first-order chi connectivity index (χ1) is 10.3. The Morgan fingerprint density at radius 2 is 2.05 bits per heavy atom. The summed E-state index contributed by atoms with van der Waals surface area (Å²) in [6, 6.07) is 8.20. The van der Waals surface area contributed by atoms with Crippen LogP contribution in [0.15, 0.2) is 24.3 Å². The molecule has 4 rings (SSSR count). The zero-order valence-electron chi connectivity index (χ0n) is 12.1. The van der Waals surface area contributed by atoms with Crippen LogP contribution in [-0.4, -0.2) is 58.1 Å². The Hall–Kier alpha value is -1.88. The molecule has 2 aliphatic rings. The van der Waals surface area contributed by atoms with Crippen molar-refractivity contribution < 1.29 is 4.79 Å². The molecule has 2 bridgehead atoms. The third-order valence-electron chi connectivity index (χ3n) is 4.73. The summed E-state index contributed by atoms with van der Waals surface area (Å²) in [5.41, 5.74) is 1.51. The first kappa shape index (κ1) is 12.8. The average molecular weight is 284 g/mol. The number of H-pyrrole nitrogens is 1. The molecule has 2 atom stereocenters. The molecule has 5 heteroatoms. The van der Waals surface area contributed by atoms with Crippen molar-refractivity contribution in [2.45, 2.75) is 25.3 Å². The molecule has 1 unspecified atom stereocenters. The monoisotopic (exact) mass is 284 g/mol. The number of amides is 1. The highest BCUT2D eigenvalue weighted by Crippen LogP contribution is 2.24. The van der Waals surface area contributed by atoms with Crippen LogP contribution in [0.1, 0.15) is 29.8 Å². The Kier molecular flexibility index (Phi) is 3.15. The molecular weight excluding hydrogens is 264 g/mol. The number of rotatable bonds is 1. The summed E-state index contributed by atoms with van der Waals surface area (Å²) in [5, 5.41) is 8.18. The van der Waals surface area contributed by atoms with Crippen molar-refractivity contribution in [2.24, 2.45) is 0 Å². The third kappa shape index (κ3) is 2.21. The summed E-state index contributed by atoms with van der Waals surface area (Å²) in [4.78, 5) is 17.5. The number of carbonyl (C=O) groups is 1. The molecule has 3 heterocycles. The normalized spacial score (nSPS) is 25.8. The van der Waals surface area contributed by atoms with Gasteiger partial charge in [0.2, 0.25) is 0 Å². The number of piperidine rings is 1. The van der Waals surface area contributed by atoms with Crippen LogP contribution in [0.2, 0.25) is 0 Å². The van der Waals surface area contributed by atoms with Crippen LogP contribution < -0.4 is 0 Å². The number of nitrogens with zero attached hydrogens (tertiary/aromatic N) is 3. The lowest BCUT2D eigenvalue weighted by atomic mass is 10.0. The molecule has 0 saturated carbocycles. The van der Waals surface area contributed by atoms with Crippen molar-refractivity contribution in [3.63, 3.8) is 0 Å². The number of hydrogen-bond donors (Lipinski definition) is 1. The highest BCUT2D eigenvalue weighted by molar-refractivity contribution is 6.04. The first-order valence-electron chi connectivity index (χ1n) is 7.79. The minimum Gasteiger partial charge on any atom is -0.333 e. The third-order valence-corrected chi connectivity index (χ3v) is 4.73. The molecular formula is C16H20N4O. The minimum absolute atomic E-state index is 0.0844. The first-order valence-corrected chi connectivity index (χ1v) is 7.79. The van der Waals surface area contributed by atoms with E-state index in [1.54, 1.807) is 0 Å². The molecule has 110 valence electrons. The molecule has 21 heavy (non-hydrogen) atoms. The molecule has 0 spiro atoms. The molecule has 2 aliphatic heterocycles. The summed E-state index contributed by atoms with van der Waals surface area (Å²) in [5.74, 6) is 0.0844. The smallest absolute Gasteiger partial charge is 0.275 e. The van der Waals surface area contributed by atoms with Gasteiger partial charge < -0.3 is 9.80 Å². The van der Waals surface area contributed by atoms with E-state index in [0.717, 1.165) is 43.4 Å². The number of aromatic amines is 1. The summed E-state index contributed by atoms with van der Waals surface area (Å²) >= 11 is 0. The van der Waals surface area contributed by atoms with E-state index in [9.17, 15) is 4.79 Å². The van der Waals surface area contributed by atoms with Gasteiger partial charge in [0.25, 0.3) is 5.91 Å². The Morgan fingerprint density at radius 1 is 1.19 bits per heavy atom. The highest BCUT2D eigenvalue weighted by Gasteiger charge is 2.32. The van der Waals surface area contributed by atoms with Gasteiger partial charge in [-0.05, 0) is 38.4 Å². The van der Waals surface area contributed by atoms with E-state index in [-0.39, 0.29) is 5.91 Å². The standard InChI is InChI=1S/C16H20N4O/c21-16(15-13-6-1-2-7-14(13)17-18-15)20-10-4-9-19-8-3-5-12(20)11-19/h1-2,6-7,12H,3-5,8-11H2,(H,17,18)/t12-/m0/s1. The maximum Gasteiger partial charge on any atom is 0.275 e. The molecule has 2 saturated heterocycles. The van der Waals surface area contributed by atoms with Crippen LogP contribution in [0.3, 0.4) is 0 Å². The van der Waals surface area contributed by atoms with Crippen molar-refractivity contribution in [3.8, 4) is 0 Å². The molecule has 2 aromatic rings. The van der Waals surface area contributed by atoms with Gasteiger partial charge >= 0.3 is 0 Å². The van der Waals surface area contributed by atoms with E-state index in [1.165, 1.54) is 13.0 Å². The zero-order valence-corrected chi connectivity index (χ0v) is 12.1. The van der Waals surface area contributed by atoms with Crippen LogP contribution in [0.5, 0.6) is 0 Å². The minimum atomic E-state index is 0.0844. The van der Waals surface area contributed by atoms with Crippen LogP contribution in [0.25, 0.3) is 10.9 Å². The molecule has 2 fully saturated rings. The predicted molar refractivity (Wildman–Crippen MR) is 81.2 cm³/mol. The highest BCUT2D eigenvalue weighted by atomic mass is 16.2. The topological polar surface area (TPSA) is 52.2 Å². The van der Waals surface area contributed by atoms with Gasteiger partial charge in [-0.25, -0.2) is 0 Å². The molecule has 1 N–H and O–H groups in total. The van der Waals surface area contributed by atoms with Crippen molar-refractivity contribution in [1.82, 2.24) is 20.0 Å². The lowest BCUT2D eigenvalue weighted by molar-refractivity contribution is 0.0625. The maximum atomic E-state index is 13.0. The van der Waals surface area contributed by atoms with Crippen LogP contribution in [-0.2, 0) is 0 Å². The van der Waals surface area contributed by atoms with Crippen molar-refractivity contribution in [1.29, 1.82) is 0 Å². The fourth-order valence-electron chi connectivity index (χ4n) is 3.67. The Labute approximate surface area is 123 Å².